The summed E-state index contributed by atoms with van der Waals surface area (Å²) in [5, 5.41) is 8.29. The van der Waals surface area contributed by atoms with Gasteiger partial charge in [-0.05, 0) is 6.92 Å². The molecule has 0 amide bonds. The zero-order valence-electron chi connectivity index (χ0n) is 6.26. The van der Waals surface area contributed by atoms with E-state index in [0.29, 0.717) is 18.8 Å². The van der Waals surface area contributed by atoms with Gasteiger partial charge in [0.15, 0.2) is 0 Å². The summed E-state index contributed by atoms with van der Waals surface area (Å²) in [5.41, 5.74) is 0. The summed E-state index contributed by atoms with van der Waals surface area (Å²) < 4.78 is 4.98. The summed E-state index contributed by atoms with van der Waals surface area (Å²) in [6.07, 6.45) is 1.71. The highest BCUT2D eigenvalue weighted by atomic mass is 16.5. The van der Waals surface area contributed by atoms with Gasteiger partial charge in [-0.25, -0.2) is 4.79 Å². The third kappa shape index (κ3) is 3.95. The average molecular weight is 144 g/mol. The highest BCUT2D eigenvalue weighted by Crippen LogP contribution is 2.01. The van der Waals surface area contributed by atoms with Crippen LogP contribution >= 0.6 is 0 Å². The van der Waals surface area contributed by atoms with Crippen LogP contribution in [0.5, 0.6) is 0 Å². The van der Waals surface area contributed by atoms with Crippen molar-refractivity contribution < 1.29 is 14.6 Å². The molecule has 10 heavy (non-hydrogen) atoms. The molecule has 0 saturated carbocycles. The molecule has 0 saturated heterocycles. The Balaban J connectivity index is 3.91. The standard InChI is InChI=1S/C7H12O3/c1-3-6(10-4-2)5-7(8)9/h5H,3-4H2,1-2H3,(H,8,9)/b6-5+. The van der Waals surface area contributed by atoms with Gasteiger partial charge in [-0.15, -0.1) is 0 Å². The Labute approximate surface area is 60.3 Å². The smallest absolute Gasteiger partial charge is 0.331 e. The van der Waals surface area contributed by atoms with E-state index >= 15 is 0 Å². The predicted octanol–water partition coefficient (Wildman–Crippen LogP) is 1.40. The molecule has 0 bridgehead atoms. The topological polar surface area (TPSA) is 46.5 Å². The summed E-state index contributed by atoms with van der Waals surface area (Å²) in [4.78, 5) is 10.1. The van der Waals surface area contributed by atoms with E-state index in [-0.39, 0.29) is 0 Å². The van der Waals surface area contributed by atoms with Crippen LogP contribution < -0.4 is 0 Å². The number of hydrogen-bond acceptors (Lipinski definition) is 2. The van der Waals surface area contributed by atoms with E-state index in [4.69, 9.17) is 9.84 Å². The highest BCUT2D eigenvalue weighted by molar-refractivity contribution is 5.80. The average Bonchev–Trinajstić information content (AvgIpc) is 1.86. The molecule has 0 fully saturated rings. The normalized spacial score (nSPS) is 11.2. The third-order valence-corrected chi connectivity index (χ3v) is 0.963. The van der Waals surface area contributed by atoms with Crippen molar-refractivity contribution in [3.05, 3.63) is 11.8 Å². The van der Waals surface area contributed by atoms with Crippen LogP contribution in [-0.2, 0) is 9.53 Å². The minimum absolute atomic E-state index is 0.521. The first-order chi connectivity index (χ1) is 4.70. The van der Waals surface area contributed by atoms with E-state index in [1.54, 1.807) is 0 Å². The van der Waals surface area contributed by atoms with Crippen molar-refractivity contribution in [3.8, 4) is 0 Å². The highest BCUT2D eigenvalue weighted by Gasteiger charge is 1.96. The Morgan fingerprint density at radius 3 is 2.50 bits per heavy atom. The third-order valence-electron chi connectivity index (χ3n) is 0.963. The molecule has 0 rings (SSSR count). The first kappa shape index (κ1) is 9.01. The van der Waals surface area contributed by atoms with Gasteiger partial charge in [-0.2, -0.15) is 0 Å². The number of carboxylic acids is 1. The molecule has 0 aliphatic heterocycles. The number of carboxylic acid groups (broad SMARTS) is 1. The van der Waals surface area contributed by atoms with Crippen molar-refractivity contribution in [2.45, 2.75) is 20.3 Å². The van der Waals surface area contributed by atoms with Crippen molar-refractivity contribution >= 4 is 5.97 Å². The van der Waals surface area contributed by atoms with Gasteiger partial charge in [0.05, 0.1) is 12.7 Å². The lowest BCUT2D eigenvalue weighted by Gasteiger charge is -2.02. The molecule has 58 valence electrons. The Bertz CT molecular complexity index is 138. The SMILES string of the molecule is CCO/C(=C/C(=O)O)CC. The first-order valence-corrected chi connectivity index (χ1v) is 3.27. The molecule has 0 aromatic heterocycles. The Kier molecular flexibility index (Phi) is 4.37. The van der Waals surface area contributed by atoms with E-state index in [9.17, 15) is 4.79 Å². The first-order valence-electron chi connectivity index (χ1n) is 3.27. The van der Waals surface area contributed by atoms with E-state index in [0.717, 1.165) is 6.08 Å². The van der Waals surface area contributed by atoms with Crippen molar-refractivity contribution in [3.63, 3.8) is 0 Å². The molecule has 0 aliphatic carbocycles. The molecule has 0 heterocycles. The largest absolute Gasteiger partial charge is 0.498 e. The summed E-state index contributed by atoms with van der Waals surface area (Å²) >= 11 is 0. The summed E-state index contributed by atoms with van der Waals surface area (Å²) in [7, 11) is 0. The number of aliphatic carboxylic acids is 1. The molecule has 3 heteroatoms. The van der Waals surface area contributed by atoms with Crippen LogP contribution in [0, 0.1) is 0 Å². The van der Waals surface area contributed by atoms with Gasteiger partial charge in [0.2, 0.25) is 0 Å². The zero-order chi connectivity index (χ0) is 7.98. The lowest BCUT2D eigenvalue weighted by molar-refractivity contribution is -0.131. The summed E-state index contributed by atoms with van der Waals surface area (Å²) in [5.74, 6) is -0.430. The summed E-state index contributed by atoms with van der Waals surface area (Å²) in [6.45, 7) is 4.20. The fourth-order valence-corrected chi connectivity index (χ4v) is 0.569. The molecule has 0 spiro atoms. The van der Waals surface area contributed by atoms with Gasteiger partial charge in [0, 0.05) is 6.42 Å². The number of ether oxygens (including phenoxy) is 1. The van der Waals surface area contributed by atoms with Gasteiger partial charge in [0.25, 0.3) is 0 Å². The fraction of sp³-hybridized carbons (Fsp3) is 0.571. The van der Waals surface area contributed by atoms with Gasteiger partial charge in [0.1, 0.15) is 5.76 Å². The van der Waals surface area contributed by atoms with Crippen molar-refractivity contribution in [2.75, 3.05) is 6.61 Å². The van der Waals surface area contributed by atoms with E-state index in [1.165, 1.54) is 0 Å². The van der Waals surface area contributed by atoms with Gasteiger partial charge >= 0.3 is 5.97 Å². The van der Waals surface area contributed by atoms with Crippen molar-refractivity contribution in [2.24, 2.45) is 0 Å². The minimum atomic E-state index is -0.953. The molecule has 0 radical (unpaired) electrons. The fourth-order valence-electron chi connectivity index (χ4n) is 0.569. The van der Waals surface area contributed by atoms with Crippen molar-refractivity contribution in [1.82, 2.24) is 0 Å². The Morgan fingerprint density at radius 2 is 2.20 bits per heavy atom. The second-order valence-corrected chi connectivity index (χ2v) is 1.74. The number of rotatable bonds is 4. The van der Waals surface area contributed by atoms with Crippen LogP contribution in [0.3, 0.4) is 0 Å². The van der Waals surface area contributed by atoms with Gasteiger partial charge in [-0.3, -0.25) is 0 Å². The Hall–Kier alpha value is -0.990. The maximum Gasteiger partial charge on any atom is 0.331 e. The molecule has 0 unspecified atom stereocenters. The van der Waals surface area contributed by atoms with Crippen LogP contribution in [0.4, 0.5) is 0 Å². The molecule has 0 aromatic carbocycles. The summed E-state index contributed by atoms with van der Waals surface area (Å²) in [6, 6.07) is 0. The monoisotopic (exact) mass is 144 g/mol. The van der Waals surface area contributed by atoms with Gasteiger partial charge < -0.3 is 9.84 Å². The zero-order valence-corrected chi connectivity index (χ0v) is 6.26. The minimum Gasteiger partial charge on any atom is -0.498 e. The lowest BCUT2D eigenvalue weighted by atomic mass is 10.3. The van der Waals surface area contributed by atoms with E-state index in [1.807, 2.05) is 13.8 Å². The Morgan fingerprint density at radius 1 is 1.60 bits per heavy atom. The second-order valence-electron chi connectivity index (χ2n) is 1.74. The van der Waals surface area contributed by atoms with Crippen LogP contribution in [-0.4, -0.2) is 17.7 Å². The molecule has 0 atom stereocenters. The number of allylic oxidation sites excluding steroid dienone is 1. The molecule has 0 aliphatic rings. The predicted molar refractivity (Wildman–Crippen MR) is 37.6 cm³/mol. The molecule has 1 N–H and O–H groups in total. The number of hydrogen-bond donors (Lipinski definition) is 1. The van der Waals surface area contributed by atoms with Crippen LogP contribution in [0.15, 0.2) is 11.8 Å². The molecular weight excluding hydrogens is 132 g/mol. The van der Waals surface area contributed by atoms with E-state index < -0.39 is 5.97 Å². The quantitative estimate of drug-likeness (QED) is 0.479. The van der Waals surface area contributed by atoms with Crippen LogP contribution in [0.25, 0.3) is 0 Å². The van der Waals surface area contributed by atoms with Crippen LogP contribution in [0.1, 0.15) is 20.3 Å². The second kappa shape index (κ2) is 4.85. The molecular formula is C7H12O3. The molecule has 0 aromatic rings. The van der Waals surface area contributed by atoms with Crippen molar-refractivity contribution in [1.29, 1.82) is 0 Å². The van der Waals surface area contributed by atoms with Crippen LogP contribution in [0.2, 0.25) is 0 Å². The van der Waals surface area contributed by atoms with E-state index in [2.05, 4.69) is 0 Å². The maximum absolute atomic E-state index is 10.1. The molecule has 3 nitrogen and oxygen atoms in total. The number of carbonyl (C=O) groups is 1. The maximum atomic E-state index is 10.1. The van der Waals surface area contributed by atoms with Gasteiger partial charge in [-0.1, -0.05) is 6.92 Å². The lowest BCUT2D eigenvalue weighted by Crippen LogP contribution is -1.95.